The van der Waals surface area contributed by atoms with Crippen LogP contribution in [0.5, 0.6) is 0 Å². The second kappa shape index (κ2) is 7.92. The Kier molecular flexibility index (Phi) is 5.41. The Morgan fingerprint density at radius 3 is 2.64 bits per heavy atom. The van der Waals surface area contributed by atoms with Crippen molar-refractivity contribution in [3.05, 3.63) is 47.6 Å². The maximum Gasteiger partial charge on any atom is 0.393 e. The van der Waals surface area contributed by atoms with Gasteiger partial charge in [0.25, 0.3) is 0 Å². The highest BCUT2D eigenvalue weighted by Crippen LogP contribution is 2.51. The quantitative estimate of drug-likeness (QED) is 0.521. The van der Waals surface area contributed by atoms with E-state index in [0.717, 1.165) is 37.1 Å². The lowest BCUT2D eigenvalue weighted by molar-refractivity contribution is -0.126. The number of fused-ring (bicyclic) bond motifs is 1. The summed E-state index contributed by atoms with van der Waals surface area (Å²) in [6.07, 6.45) is -1.43. The van der Waals surface area contributed by atoms with Gasteiger partial charge in [0.15, 0.2) is 0 Å². The number of anilines is 1. The molecule has 2 aliphatic rings. The second-order valence-electron chi connectivity index (χ2n) is 8.99. The van der Waals surface area contributed by atoms with Crippen molar-refractivity contribution >= 4 is 37.4 Å². The summed E-state index contributed by atoms with van der Waals surface area (Å²) in [6, 6.07) is 9.90. The van der Waals surface area contributed by atoms with E-state index in [-0.39, 0.29) is 21.2 Å². The summed E-state index contributed by atoms with van der Waals surface area (Å²) in [7, 11) is -1.91. The highest BCUT2D eigenvalue weighted by molar-refractivity contribution is 7.89. The zero-order valence-electron chi connectivity index (χ0n) is 17.9. The maximum absolute atomic E-state index is 12.9. The topological polar surface area (TPSA) is 66.4 Å². The van der Waals surface area contributed by atoms with E-state index >= 15 is 0 Å². The van der Waals surface area contributed by atoms with Crippen molar-refractivity contribution in [1.82, 2.24) is 14.3 Å². The summed E-state index contributed by atoms with van der Waals surface area (Å²) >= 11 is 1.05. The van der Waals surface area contributed by atoms with E-state index in [4.69, 9.17) is 0 Å². The van der Waals surface area contributed by atoms with Crippen LogP contribution in [0.15, 0.2) is 47.6 Å². The zero-order valence-corrected chi connectivity index (χ0v) is 19.6. The largest absolute Gasteiger partial charge is 0.393 e. The lowest BCUT2D eigenvalue weighted by Crippen LogP contribution is -2.52. The minimum atomic E-state index is -4.26. The van der Waals surface area contributed by atoms with E-state index in [0.29, 0.717) is 22.6 Å². The molecule has 33 heavy (non-hydrogen) atoms. The smallest absolute Gasteiger partial charge is 0.355 e. The molecule has 3 aromatic rings. The zero-order chi connectivity index (χ0) is 23.4. The molecule has 2 aromatic heterocycles. The van der Waals surface area contributed by atoms with Crippen molar-refractivity contribution in [2.75, 3.05) is 25.0 Å². The van der Waals surface area contributed by atoms with Crippen LogP contribution in [0.1, 0.15) is 24.1 Å². The second-order valence-corrected chi connectivity index (χ2v) is 12.1. The first-order valence-corrected chi connectivity index (χ1v) is 12.9. The number of rotatable bonds is 5. The molecule has 0 N–H and O–H groups in total. The summed E-state index contributed by atoms with van der Waals surface area (Å²) in [6.45, 7) is 1.44. The van der Waals surface area contributed by atoms with Crippen LogP contribution in [0.3, 0.4) is 0 Å². The molecule has 2 fully saturated rings. The van der Waals surface area contributed by atoms with Crippen LogP contribution in [0, 0.1) is 5.41 Å². The highest BCUT2D eigenvalue weighted by atomic mass is 32.2. The molecule has 1 saturated heterocycles. The lowest BCUT2D eigenvalue weighted by atomic mass is 9.65. The molecule has 1 saturated carbocycles. The number of benzene rings is 1. The van der Waals surface area contributed by atoms with Crippen molar-refractivity contribution in [2.24, 2.45) is 5.41 Å². The van der Waals surface area contributed by atoms with E-state index in [9.17, 15) is 21.6 Å². The van der Waals surface area contributed by atoms with Gasteiger partial charge in [0.05, 0.1) is 16.7 Å². The SMILES string of the molecule is CN(C1CC2(CCN(c3ncnc4sc(CC(F)(F)F)cc34)C2)C1)S(=O)(=O)c1ccccc1. The van der Waals surface area contributed by atoms with Gasteiger partial charge in [-0.15, -0.1) is 11.3 Å². The number of hydrogen-bond acceptors (Lipinski definition) is 6. The molecule has 0 atom stereocenters. The lowest BCUT2D eigenvalue weighted by Gasteiger charge is -2.48. The molecule has 0 unspecified atom stereocenters. The third-order valence-corrected chi connectivity index (χ3v) is 9.71. The fraction of sp³-hybridized carbons (Fsp3) is 0.455. The van der Waals surface area contributed by atoms with Gasteiger partial charge in [-0.25, -0.2) is 18.4 Å². The predicted octanol–water partition coefficient (Wildman–Crippen LogP) is 4.48. The summed E-state index contributed by atoms with van der Waals surface area (Å²) in [5.41, 5.74) is -0.00672. The number of aromatic nitrogens is 2. The molecule has 0 bridgehead atoms. The normalized spacial score (nSPS) is 23.5. The fourth-order valence-corrected chi connectivity index (χ4v) is 7.43. The molecule has 1 spiro atoms. The Labute approximate surface area is 194 Å². The third kappa shape index (κ3) is 4.22. The van der Waals surface area contributed by atoms with Gasteiger partial charge >= 0.3 is 6.18 Å². The van der Waals surface area contributed by atoms with Crippen LogP contribution in [0.2, 0.25) is 0 Å². The number of hydrogen-bond donors (Lipinski definition) is 0. The monoisotopic (exact) mass is 496 g/mol. The van der Waals surface area contributed by atoms with Crippen LogP contribution >= 0.6 is 11.3 Å². The molecule has 6 nitrogen and oxygen atoms in total. The van der Waals surface area contributed by atoms with Crippen LogP contribution in [0.4, 0.5) is 19.0 Å². The summed E-state index contributed by atoms with van der Waals surface area (Å²) in [5.74, 6) is 0.662. The van der Waals surface area contributed by atoms with Crippen LogP contribution in [-0.2, 0) is 16.4 Å². The number of nitrogens with zero attached hydrogens (tertiary/aromatic N) is 4. The van der Waals surface area contributed by atoms with Gasteiger partial charge < -0.3 is 4.90 Å². The average Bonchev–Trinajstić information content (AvgIpc) is 3.35. The van der Waals surface area contributed by atoms with E-state index in [1.54, 1.807) is 43.4 Å². The van der Waals surface area contributed by atoms with Crippen molar-refractivity contribution in [2.45, 2.75) is 42.8 Å². The van der Waals surface area contributed by atoms with Gasteiger partial charge in [-0.05, 0) is 42.9 Å². The van der Waals surface area contributed by atoms with Gasteiger partial charge in [-0.3, -0.25) is 0 Å². The molecular formula is C22H23F3N4O2S2. The molecular weight excluding hydrogens is 473 g/mol. The van der Waals surface area contributed by atoms with Crippen molar-refractivity contribution in [1.29, 1.82) is 0 Å². The molecule has 1 aromatic carbocycles. The number of thiophene rings is 1. The molecule has 5 rings (SSSR count). The number of halogens is 3. The standard InChI is InChI=1S/C22H23F3N4O2S2/c1-28(33(30,31)17-5-3-2-4-6-17)15-10-21(11-15)7-8-29(13-21)19-18-9-16(12-22(23,24)25)32-20(18)27-14-26-19/h2-6,9,14-15H,7-8,10-13H2,1H3. The average molecular weight is 497 g/mol. The summed E-state index contributed by atoms with van der Waals surface area (Å²) < 4.78 is 65.8. The minimum absolute atomic E-state index is 0.00672. The summed E-state index contributed by atoms with van der Waals surface area (Å²) in [4.78, 5) is 11.7. The Bertz CT molecular complexity index is 1270. The molecule has 1 aliphatic heterocycles. The van der Waals surface area contributed by atoms with Gasteiger partial charge in [-0.1, -0.05) is 18.2 Å². The molecule has 0 amide bonds. The number of sulfonamides is 1. The first-order chi connectivity index (χ1) is 15.6. The third-order valence-electron chi connectivity index (χ3n) is 6.74. The Hall–Kier alpha value is -2.24. The van der Waals surface area contributed by atoms with Crippen molar-refractivity contribution in [3.8, 4) is 0 Å². The van der Waals surface area contributed by atoms with Crippen LogP contribution < -0.4 is 4.90 Å². The molecule has 0 radical (unpaired) electrons. The van der Waals surface area contributed by atoms with Crippen molar-refractivity contribution in [3.63, 3.8) is 0 Å². The Balaban J connectivity index is 1.30. The van der Waals surface area contributed by atoms with Gasteiger partial charge in [0.2, 0.25) is 10.0 Å². The van der Waals surface area contributed by atoms with E-state index in [1.165, 1.54) is 10.6 Å². The minimum Gasteiger partial charge on any atom is -0.355 e. The van der Waals surface area contributed by atoms with E-state index in [2.05, 4.69) is 14.9 Å². The number of alkyl halides is 3. The molecule has 176 valence electrons. The van der Waals surface area contributed by atoms with Crippen LogP contribution in [0.25, 0.3) is 10.2 Å². The van der Waals surface area contributed by atoms with Gasteiger partial charge in [0, 0.05) is 31.1 Å². The first-order valence-electron chi connectivity index (χ1n) is 10.6. The van der Waals surface area contributed by atoms with Crippen LogP contribution in [-0.4, -0.2) is 55.0 Å². The Morgan fingerprint density at radius 1 is 1.21 bits per heavy atom. The van der Waals surface area contributed by atoms with Gasteiger partial charge in [-0.2, -0.15) is 17.5 Å². The first kappa shape index (κ1) is 22.5. The van der Waals surface area contributed by atoms with Gasteiger partial charge in [0.1, 0.15) is 17.0 Å². The molecule has 11 heteroatoms. The highest BCUT2D eigenvalue weighted by Gasteiger charge is 2.52. The molecule has 3 heterocycles. The van der Waals surface area contributed by atoms with Crippen molar-refractivity contribution < 1.29 is 21.6 Å². The van der Waals surface area contributed by atoms with E-state index < -0.39 is 22.6 Å². The fourth-order valence-electron chi connectivity index (χ4n) is 5.03. The van der Waals surface area contributed by atoms with E-state index in [1.807, 2.05) is 0 Å². The maximum atomic E-state index is 12.9. The predicted molar refractivity (Wildman–Crippen MR) is 121 cm³/mol. The summed E-state index contributed by atoms with van der Waals surface area (Å²) in [5, 5.41) is 0.651. The Morgan fingerprint density at radius 2 is 1.94 bits per heavy atom. The molecule has 1 aliphatic carbocycles.